The zero-order valence-electron chi connectivity index (χ0n) is 12.4. The third kappa shape index (κ3) is 3.01. The molecule has 2 atom stereocenters. The van der Waals surface area contributed by atoms with Crippen LogP contribution in [0.1, 0.15) is 50.3 Å². The quantitative estimate of drug-likeness (QED) is 0.853. The van der Waals surface area contributed by atoms with Gasteiger partial charge in [-0.15, -0.1) is 0 Å². The van der Waals surface area contributed by atoms with Crippen molar-refractivity contribution in [3.63, 3.8) is 0 Å². The standard InChI is InChI=1S/C16H23F2NS/c1-4-9-19-15(16(3)8-5-10-20-16)12-7-6-11(2)13(17)14(12)18/h6-7,15,19H,4-5,8-10H2,1-3H3. The highest BCUT2D eigenvalue weighted by molar-refractivity contribution is 8.00. The van der Waals surface area contributed by atoms with Gasteiger partial charge < -0.3 is 5.32 Å². The first-order valence-corrected chi connectivity index (χ1v) is 8.30. The zero-order valence-corrected chi connectivity index (χ0v) is 13.2. The molecule has 112 valence electrons. The van der Waals surface area contributed by atoms with E-state index in [0.717, 1.165) is 31.6 Å². The number of halogens is 2. The van der Waals surface area contributed by atoms with Gasteiger partial charge in [0, 0.05) is 16.4 Å². The lowest BCUT2D eigenvalue weighted by molar-refractivity contribution is 0.389. The van der Waals surface area contributed by atoms with Crippen LogP contribution in [-0.2, 0) is 0 Å². The van der Waals surface area contributed by atoms with Crippen molar-refractivity contribution in [3.8, 4) is 0 Å². The van der Waals surface area contributed by atoms with Gasteiger partial charge in [0.15, 0.2) is 11.6 Å². The molecule has 20 heavy (non-hydrogen) atoms. The topological polar surface area (TPSA) is 12.0 Å². The van der Waals surface area contributed by atoms with Crippen LogP contribution in [0.25, 0.3) is 0 Å². The fourth-order valence-corrected chi connectivity index (χ4v) is 4.28. The van der Waals surface area contributed by atoms with E-state index in [1.807, 2.05) is 11.8 Å². The summed E-state index contributed by atoms with van der Waals surface area (Å²) in [6.45, 7) is 6.66. The second-order valence-electron chi connectivity index (χ2n) is 5.75. The maximum atomic E-state index is 14.3. The zero-order chi connectivity index (χ0) is 14.8. The second kappa shape index (κ2) is 6.44. The lowest BCUT2D eigenvalue weighted by atomic mass is 9.89. The molecule has 0 radical (unpaired) electrons. The van der Waals surface area contributed by atoms with Gasteiger partial charge in [0.05, 0.1) is 0 Å². The van der Waals surface area contributed by atoms with Gasteiger partial charge in [-0.2, -0.15) is 11.8 Å². The molecular formula is C16H23F2NS. The largest absolute Gasteiger partial charge is 0.309 e. The van der Waals surface area contributed by atoms with E-state index in [1.165, 1.54) is 0 Å². The first-order valence-electron chi connectivity index (χ1n) is 7.31. The molecular weight excluding hydrogens is 276 g/mol. The van der Waals surface area contributed by atoms with E-state index in [1.54, 1.807) is 19.1 Å². The minimum absolute atomic E-state index is 0.0578. The van der Waals surface area contributed by atoms with Crippen molar-refractivity contribution in [2.24, 2.45) is 0 Å². The first-order chi connectivity index (χ1) is 9.49. The number of nitrogens with one attached hydrogen (secondary N) is 1. The Morgan fingerprint density at radius 3 is 2.70 bits per heavy atom. The molecule has 1 aromatic carbocycles. The summed E-state index contributed by atoms with van der Waals surface area (Å²) in [4.78, 5) is 0. The summed E-state index contributed by atoms with van der Waals surface area (Å²) in [5, 5.41) is 3.43. The predicted molar refractivity (Wildman–Crippen MR) is 82.2 cm³/mol. The Balaban J connectivity index is 2.38. The van der Waals surface area contributed by atoms with Gasteiger partial charge in [0.1, 0.15) is 0 Å². The van der Waals surface area contributed by atoms with Gasteiger partial charge in [-0.25, -0.2) is 8.78 Å². The van der Waals surface area contributed by atoms with E-state index in [4.69, 9.17) is 0 Å². The molecule has 0 saturated carbocycles. The van der Waals surface area contributed by atoms with Gasteiger partial charge in [-0.1, -0.05) is 19.1 Å². The molecule has 2 rings (SSSR count). The number of thioether (sulfide) groups is 1. The summed E-state index contributed by atoms with van der Waals surface area (Å²) < 4.78 is 28.2. The van der Waals surface area contributed by atoms with Crippen LogP contribution < -0.4 is 5.32 Å². The molecule has 0 aliphatic carbocycles. The van der Waals surface area contributed by atoms with Crippen LogP contribution in [0, 0.1) is 18.6 Å². The average Bonchev–Trinajstić information content (AvgIpc) is 2.86. The Kier molecular flexibility index (Phi) is 5.08. The van der Waals surface area contributed by atoms with E-state index in [0.29, 0.717) is 11.1 Å². The summed E-state index contributed by atoms with van der Waals surface area (Å²) in [6.07, 6.45) is 3.16. The molecule has 4 heteroatoms. The Labute approximate surface area is 124 Å². The molecule has 1 aromatic rings. The van der Waals surface area contributed by atoms with Crippen molar-refractivity contribution in [2.75, 3.05) is 12.3 Å². The van der Waals surface area contributed by atoms with Crippen molar-refractivity contribution in [3.05, 3.63) is 34.9 Å². The van der Waals surface area contributed by atoms with Crippen LogP contribution in [0.3, 0.4) is 0 Å². The molecule has 0 bridgehead atoms. The second-order valence-corrected chi connectivity index (χ2v) is 7.38. The van der Waals surface area contributed by atoms with Crippen molar-refractivity contribution >= 4 is 11.8 Å². The average molecular weight is 299 g/mol. The monoisotopic (exact) mass is 299 g/mol. The maximum Gasteiger partial charge on any atom is 0.163 e. The fourth-order valence-electron chi connectivity index (χ4n) is 2.86. The van der Waals surface area contributed by atoms with Crippen LogP contribution >= 0.6 is 11.8 Å². The Morgan fingerprint density at radius 2 is 2.10 bits per heavy atom. The third-order valence-electron chi connectivity index (χ3n) is 4.07. The van der Waals surface area contributed by atoms with Gasteiger partial charge in [-0.3, -0.25) is 0 Å². The van der Waals surface area contributed by atoms with Crippen LogP contribution in [0.4, 0.5) is 8.78 Å². The normalized spacial score (nSPS) is 24.1. The van der Waals surface area contributed by atoms with Gasteiger partial charge in [-0.05, 0) is 51.0 Å². The maximum absolute atomic E-state index is 14.3. The summed E-state index contributed by atoms with van der Waals surface area (Å²) in [6, 6.07) is 3.28. The lowest BCUT2D eigenvalue weighted by Gasteiger charge is -2.35. The minimum Gasteiger partial charge on any atom is -0.309 e. The number of aryl methyl sites for hydroxylation is 1. The van der Waals surface area contributed by atoms with Gasteiger partial charge in [0.2, 0.25) is 0 Å². The van der Waals surface area contributed by atoms with Crippen molar-refractivity contribution in [2.45, 2.75) is 50.8 Å². The smallest absolute Gasteiger partial charge is 0.163 e. The predicted octanol–water partition coefficient (Wildman–Crippen LogP) is 4.60. The molecule has 1 aliphatic rings. The molecule has 1 saturated heterocycles. The SMILES string of the molecule is CCCNC(c1ccc(C)c(F)c1F)C1(C)CCCS1. The molecule has 0 spiro atoms. The molecule has 0 aromatic heterocycles. The molecule has 1 fully saturated rings. The summed E-state index contributed by atoms with van der Waals surface area (Å²) >= 11 is 1.87. The molecule has 1 heterocycles. The van der Waals surface area contributed by atoms with Crippen molar-refractivity contribution in [1.82, 2.24) is 5.32 Å². The Hall–Kier alpha value is -0.610. The van der Waals surface area contributed by atoms with E-state index >= 15 is 0 Å². The number of hydrogen-bond acceptors (Lipinski definition) is 2. The van der Waals surface area contributed by atoms with E-state index in [-0.39, 0.29) is 10.8 Å². The Bertz CT molecular complexity index is 470. The lowest BCUT2D eigenvalue weighted by Crippen LogP contribution is -2.38. The number of benzene rings is 1. The number of hydrogen-bond donors (Lipinski definition) is 1. The highest BCUT2D eigenvalue weighted by Crippen LogP contribution is 2.47. The van der Waals surface area contributed by atoms with E-state index < -0.39 is 11.6 Å². The molecule has 1 aliphatic heterocycles. The van der Waals surface area contributed by atoms with Crippen LogP contribution in [0.15, 0.2) is 12.1 Å². The third-order valence-corrected chi connectivity index (χ3v) is 5.67. The van der Waals surface area contributed by atoms with Gasteiger partial charge in [0.25, 0.3) is 0 Å². The highest BCUT2D eigenvalue weighted by atomic mass is 32.2. The van der Waals surface area contributed by atoms with Crippen LogP contribution in [0.2, 0.25) is 0 Å². The highest BCUT2D eigenvalue weighted by Gasteiger charge is 2.40. The molecule has 1 nitrogen and oxygen atoms in total. The molecule has 0 amide bonds. The minimum atomic E-state index is -0.711. The van der Waals surface area contributed by atoms with Crippen LogP contribution in [-0.4, -0.2) is 17.0 Å². The summed E-state index contributed by atoms with van der Waals surface area (Å²) in [5.41, 5.74) is 0.836. The van der Waals surface area contributed by atoms with Gasteiger partial charge >= 0.3 is 0 Å². The molecule has 2 unspecified atom stereocenters. The Morgan fingerprint density at radius 1 is 1.35 bits per heavy atom. The number of rotatable bonds is 5. The van der Waals surface area contributed by atoms with E-state index in [2.05, 4.69) is 19.2 Å². The molecule has 1 N–H and O–H groups in total. The summed E-state index contributed by atoms with van der Waals surface area (Å²) in [7, 11) is 0. The first kappa shape index (κ1) is 15.8. The van der Waals surface area contributed by atoms with Crippen LogP contribution in [0.5, 0.6) is 0 Å². The summed E-state index contributed by atoms with van der Waals surface area (Å²) in [5.74, 6) is -0.304. The van der Waals surface area contributed by atoms with Crippen molar-refractivity contribution in [1.29, 1.82) is 0 Å². The van der Waals surface area contributed by atoms with E-state index in [9.17, 15) is 8.78 Å². The van der Waals surface area contributed by atoms with Crippen molar-refractivity contribution < 1.29 is 8.78 Å². The fraction of sp³-hybridized carbons (Fsp3) is 0.625.